The van der Waals surface area contributed by atoms with E-state index in [1.807, 2.05) is 24.3 Å². The Balaban J connectivity index is 1.60. The third kappa shape index (κ3) is 6.37. The fourth-order valence-electron chi connectivity index (χ4n) is 2.79. The lowest BCUT2D eigenvalue weighted by molar-refractivity contribution is 0.147. The molecule has 1 fully saturated rings. The van der Waals surface area contributed by atoms with Gasteiger partial charge in [0.05, 0.1) is 0 Å². The Kier molecular flexibility index (Phi) is 7.00. The predicted molar refractivity (Wildman–Crippen MR) is 92.0 cm³/mol. The first-order valence-electron chi connectivity index (χ1n) is 7.89. The van der Waals surface area contributed by atoms with Crippen LogP contribution in [0.15, 0.2) is 28.7 Å². The van der Waals surface area contributed by atoms with Crippen LogP contribution in [-0.2, 0) is 0 Å². The number of piperidine rings is 1. The summed E-state index contributed by atoms with van der Waals surface area (Å²) < 4.78 is 6.89. The molecule has 0 radical (unpaired) electrons. The van der Waals surface area contributed by atoms with Crippen LogP contribution in [0.25, 0.3) is 0 Å². The maximum Gasteiger partial charge on any atom is 0.120 e. The van der Waals surface area contributed by atoms with Crippen LogP contribution in [0.4, 0.5) is 0 Å². The molecule has 1 saturated heterocycles. The number of rotatable bonds is 7. The van der Waals surface area contributed by atoms with Gasteiger partial charge in [0.25, 0.3) is 0 Å². The summed E-state index contributed by atoms with van der Waals surface area (Å²) in [6, 6.07) is 8.06. The number of benzene rings is 1. The van der Waals surface area contributed by atoms with Crippen LogP contribution in [0, 0.1) is 5.92 Å². The number of ether oxygens (including phenoxy) is 1. The first-order chi connectivity index (χ1) is 10.1. The van der Waals surface area contributed by atoms with Gasteiger partial charge in [0.15, 0.2) is 0 Å². The van der Waals surface area contributed by atoms with Crippen LogP contribution >= 0.6 is 15.9 Å². The third-order valence-electron chi connectivity index (χ3n) is 4.16. The lowest BCUT2D eigenvalue weighted by Crippen LogP contribution is -2.37. The Morgan fingerprint density at radius 2 is 2.05 bits per heavy atom. The van der Waals surface area contributed by atoms with E-state index in [0.717, 1.165) is 29.3 Å². The number of nitrogens with zero attached hydrogens (tertiary/aromatic N) is 2. The van der Waals surface area contributed by atoms with Crippen molar-refractivity contribution >= 4 is 15.9 Å². The van der Waals surface area contributed by atoms with Gasteiger partial charge >= 0.3 is 0 Å². The van der Waals surface area contributed by atoms with Crippen molar-refractivity contribution in [1.82, 2.24) is 9.80 Å². The van der Waals surface area contributed by atoms with Gasteiger partial charge in [0, 0.05) is 11.0 Å². The van der Waals surface area contributed by atoms with E-state index in [4.69, 9.17) is 4.74 Å². The molecule has 0 N–H and O–H groups in total. The molecule has 0 atom stereocenters. The normalized spacial score (nSPS) is 17.3. The summed E-state index contributed by atoms with van der Waals surface area (Å²) in [5.41, 5.74) is 0. The summed E-state index contributed by atoms with van der Waals surface area (Å²) in [6.45, 7) is 5.47. The third-order valence-corrected chi connectivity index (χ3v) is 4.66. The molecule has 1 heterocycles. The van der Waals surface area contributed by atoms with E-state index < -0.39 is 0 Å². The zero-order chi connectivity index (χ0) is 15.1. The van der Waals surface area contributed by atoms with Gasteiger partial charge in [-0.2, -0.15) is 0 Å². The highest BCUT2D eigenvalue weighted by Gasteiger charge is 2.18. The SMILES string of the molecule is CN(C)CCC1CCN(CCOc2cccc(Br)c2)CC1. The van der Waals surface area contributed by atoms with Gasteiger partial charge in [-0.3, -0.25) is 4.90 Å². The molecule has 0 saturated carbocycles. The van der Waals surface area contributed by atoms with E-state index >= 15 is 0 Å². The van der Waals surface area contributed by atoms with Crippen LogP contribution in [0.3, 0.4) is 0 Å². The van der Waals surface area contributed by atoms with Gasteiger partial charge in [-0.15, -0.1) is 0 Å². The first-order valence-corrected chi connectivity index (χ1v) is 8.68. The van der Waals surface area contributed by atoms with Gasteiger partial charge in [0.1, 0.15) is 12.4 Å². The van der Waals surface area contributed by atoms with E-state index in [1.165, 1.54) is 38.9 Å². The molecule has 1 aliphatic heterocycles. The fourth-order valence-corrected chi connectivity index (χ4v) is 3.17. The Bertz CT molecular complexity index is 417. The molecule has 21 heavy (non-hydrogen) atoms. The summed E-state index contributed by atoms with van der Waals surface area (Å²) in [6.07, 6.45) is 4.02. The van der Waals surface area contributed by atoms with Crippen LogP contribution in [0.1, 0.15) is 19.3 Å². The van der Waals surface area contributed by atoms with Gasteiger partial charge in [-0.25, -0.2) is 0 Å². The zero-order valence-electron chi connectivity index (χ0n) is 13.2. The topological polar surface area (TPSA) is 15.7 Å². The van der Waals surface area contributed by atoms with Crippen LogP contribution in [-0.4, -0.2) is 56.7 Å². The number of hydrogen-bond donors (Lipinski definition) is 0. The largest absolute Gasteiger partial charge is 0.492 e. The molecule has 1 aliphatic rings. The summed E-state index contributed by atoms with van der Waals surface area (Å²) >= 11 is 3.47. The molecule has 0 spiro atoms. The molecule has 0 unspecified atom stereocenters. The lowest BCUT2D eigenvalue weighted by Gasteiger charge is -2.32. The molecule has 3 nitrogen and oxygen atoms in total. The Morgan fingerprint density at radius 1 is 1.29 bits per heavy atom. The Morgan fingerprint density at radius 3 is 2.71 bits per heavy atom. The second-order valence-electron chi connectivity index (χ2n) is 6.18. The minimum absolute atomic E-state index is 0.777. The smallest absolute Gasteiger partial charge is 0.120 e. The lowest BCUT2D eigenvalue weighted by atomic mass is 9.93. The van der Waals surface area contributed by atoms with Crippen LogP contribution in [0.5, 0.6) is 5.75 Å². The first kappa shape index (κ1) is 16.8. The van der Waals surface area contributed by atoms with E-state index in [9.17, 15) is 0 Å². The molecule has 0 bridgehead atoms. The average molecular weight is 355 g/mol. The standard InChI is InChI=1S/C17H27BrN2O/c1-19(2)9-6-15-7-10-20(11-8-15)12-13-21-17-5-3-4-16(18)14-17/h3-5,14-15H,6-13H2,1-2H3. The van der Waals surface area contributed by atoms with Gasteiger partial charge in [0.2, 0.25) is 0 Å². The Labute approximate surface area is 137 Å². The van der Waals surface area contributed by atoms with Crippen molar-refractivity contribution in [2.75, 3.05) is 46.9 Å². The van der Waals surface area contributed by atoms with Crippen molar-refractivity contribution in [2.45, 2.75) is 19.3 Å². The van der Waals surface area contributed by atoms with Crippen molar-refractivity contribution in [3.8, 4) is 5.75 Å². The van der Waals surface area contributed by atoms with Crippen LogP contribution < -0.4 is 4.74 Å². The van der Waals surface area contributed by atoms with Crippen molar-refractivity contribution in [2.24, 2.45) is 5.92 Å². The highest BCUT2D eigenvalue weighted by atomic mass is 79.9. The van der Waals surface area contributed by atoms with E-state index in [0.29, 0.717) is 0 Å². The maximum absolute atomic E-state index is 5.82. The van der Waals surface area contributed by atoms with Crippen LogP contribution in [0.2, 0.25) is 0 Å². The van der Waals surface area contributed by atoms with Gasteiger partial charge in [-0.05, 0) is 77.1 Å². The van der Waals surface area contributed by atoms with Crippen molar-refractivity contribution < 1.29 is 4.74 Å². The van der Waals surface area contributed by atoms with Crippen molar-refractivity contribution in [3.05, 3.63) is 28.7 Å². The Hall–Kier alpha value is -0.580. The molecule has 0 aromatic heterocycles. The monoisotopic (exact) mass is 354 g/mol. The molecule has 4 heteroatoms. The molecule has 0 aliphatic carbocycles. The predicted octanol–water partition coefficient (Wildman–Crippen LogP) is 3.49. The minimum Gasteiger partial charge on any atom is -0.492 e. The molecule has 1 aromatic rings. The van der Waals surface area contributed by atoms with E-state index in [1.54, 1.807) is 0 Å². The summed E-state index contributed by atoms with van der Waals surface area (Å²) in [5.74, 6) is 1.86. The number of likely N-dealkylation sites (tertiary alicyclic amines) is 1. The van der Waals surface area contributed by atoms with Gasteiger partial charge < -0.3 is 9.64 Å². The average Bonchev–Trinajstić information content (AvgIpc) is 2.46. The van der Waals surface area contributed by atoms with E-state index in [-0.39, 0.29) is 0 Å². The minimum atomic E-state index is 0.777. The molecular weight excluding hydrogens is 328 g/mol. The molecule has 1 aromatic carbocycles. The summed E-state index contributed by atoms with van der Waals surface area (Å²) in [5, 5.41) is 0. The zero-order valence-corrected chi connectivity index (χ0v) is 14.8. The quantitative estimate of drug-likeness (QED) is 0.745. The molecule has 0 amide bonds. The highest BCUT2D eigenvalue weighted by Crippen LogP contribution is 2.21. The number of hydrogen-bond acceptors (Lipinski definition) is 3. The summed E-state index contributed by atoms with van der Waals surface area (Å²) in [4.78, 5) is 4.82. The fraction of sp³-hybridized carbons (Fsp3) is 0.647. The van der Waals surface area contributed by atoms with Gasteiger partial charge in [-0.1, -0.05) is 22.0 Å². The maximum atomic E-state index is 5.82. The molecular formula is C17H27BrN2O. The summed E-state index contributed by atoms with van der Waals surface area (Å²) in [7, 11) is 4.32. The molecule has 118 valence electrons. The second-order valence-corrected chi connectivity index (χ2v) is 7.10. The number of halogens is 1. The highest BCUT2D eigenvalue weighted by molar-refractivity contribution is 9.10. The second kappa shape index (κ2) is 8.76. The van der Waals surface area contributed by atoms with Crippen molar-refractivity contribution in [1.29, 1.82) is 0 Å². The van der Waals surface area contributed by atoms with Crippen molar-refractivity contribution in [3.63, 3.8) is 0 Å². The molecule has 2 rings (SSSR count). The van der Waals surface area contributed by atoms with E-state index in [2.05, 4.69) is 39.8 Å².